The van der Waals surface area contributed by atoms with E-state index in [-0.39, 0.29) is 6.10 Å². The molecule has 0 saturated heterocycles. The predicted octanol–water partition coefficient (Wildman–Crippen LogP) is 2.00. The van der Waals surface area contributed by atoms with Gasteiger partial charge in [0.1, 0.15) is 10.8 Å². The molecule has 0 spiro atoms. The van der Waals surface area contributed by atoms with Crippen molar-refractivity contribution >= 4 is 22.4 Å². The summed E-state index contributed by atoms with van der Waals surface area (Å²) in [6.45, 7) is 2.96. The third kappa shape index (κ3) is 2.65. The SMILES string of the molecule is Cc1c(N)nsc1NCC1CCC(O)CC1. The zero-order valence-electron chi connectivity index (χ0n) is 9.57. The highest BCUT2D eigenvalue weighted by atomic mass is 32.1. The van der Waals surface area contributed by atoms with Gasteiger partial charge < -0.3 is 16.2 Å². The molecular weight excluding hydrogens is 222 g/mol. The summed E-state index contributed by atoms with van der Waals surface area (Å²) in [5, 5.41) is 13.9. The summed E-state index contributed by atoms with van der Waals surface area (Å²) in [5.41, 5.74) is 6.75. The Balaban J connectivity index is 1.81. The van der Waals surface area contributed by atoms with Crippen molar-refractivity contribution in [2.45, 2.75) is 38.7 Å². The van der Waals surface area contributed by atoms with Crippen LogP contribution >= 0.6 is 11.5 Å². The van der Waals surface area contributed by atoms with Gasteiger partial charge in [-0.2, -0.15) is 4.37 Å². The first-order valence-corrected chi connectivity index (χ1v) is 6.58. The van der Waals surface area contributed by atoms with Crippen LogP contribution in [0.2, 0.25) is 0 Å². The van der Waals surface area contributed by atoms with E-state index in [1.54, 1.807) is 0 Å². The minimum Gasteiger partial charge on any atom is -0.393 e. The maximum Gasteiger partial charge on any atom is 0.142 e. The first-order valence-electron chi connectivity index (χ1n) is 5.80. The van der Waals surface area contributed by atoms with Gasteiger partial charge in [-0.25, -0.2) is 0 Å². The Morgan fingerprint density at radius 1 is 1.44 bits per heavy atom. The maximum atomic E-state index is 9.41. The Bertz CT molecular complexity index is 345. The zero-order chi connectivity index (χ0) is 11.5. The second kappa shape index (κ2) is 5.01. The molecule has 4 N–H and O–H groups in total. The first-order chi connectivity index (χ1) is 7.66. The van der Waals surface area contributed by atoms with Gasteiger partial charge >= 0.3 is 0 Å². The Morgan fingerprint density at radius 2 is 2.12 bits per heavy atom. The number of nitrogens with zero attached hydrogens (tertiary/aromatic N) is 1. The molecule has 0 atom stereocenters. The van der Waals surface area contributed by atoms with Crippen LogP contribution in [0, 0.1) is 12.8 Å². The van der Waals surface area contributed by atoms with Crippen molar-refractivity contribution in [2.75, 3.05) is 17.6 Å². The Kier molecular flexibility index (Phi) is 3.66. The second-order valence-corrected chi connectivity index (χ2v) is 5.35. The molecule has 0 aliphatic heterocycles. The van der Waals surface area contributed by atoms with Gasteiger partial charge in [-0.1, -0.05) is 0 Å². The van der Waals surface area contributed by atoms with Gasteiger partial charge in [0.25, 0.3) is 0 Å². The highest BCUT2D eigenvalue weighted by molar-refractivity contribution is 7.10. The Morgan fingerprint density at radius 3 is 2.69 bits per heavy atom. The average molecular weight is 241 g/mol. The third-order valence-electron chi connectivity index (χ3n) is 3.33. The van der Waals surface area contributed by atoms with E-state index in [4.69, 9.17) is 5.73 Å². The van der Waals surface area contributed by atoms with Gasteiger partial charge in [-0.15, -0.1) is 0 Å². The lowest BCUT2D eigenvalue weighted by Crippen LogP contribution is -2.23. The highest BCUT2D eigenvalue weighted by Gasteiger charge is 2.19. The molecule has 0 aromatic carbocycles. The normalized spacial score (nSPS) is 25.6. The monoisotopic (exact) mass is 241 g/mol. The maximum absolute atomic E-state index is 9.41. The fourth-order valence-corrected chi connectivity index (χ4v) is 2.81. The predicted molar refractivity (Wildman–Crippen MR) is 67.7 cm³/mol. The number of anilines is 2. The second-order valence-electron chi connectivity index (χ2n) is 4.58. The number of aliphatic hydroxyl groups excluding tert-OH is 1. The van der Waals surface area contributed by atoms with E-state index in [0.717, 1.165) is 42.8 Å². The summed E-state index contributed by atoms with van der Waals surface area (Å²) in [6.07, 6.45) is 4.03. The van der Waals surface area contributed by atoms with Crippen LogP contribution in [0.5, 0.6) is 0 Å². The van der Waals surface area contributed by atoms with Crippen LogP contribution in [-0.4, -0.2) is 22.1 Å². The van der Waals surface area contributed by atoms with E-state index in [1.807, 2.05) is 6.92 Å². The largest absolute Gasteiger partial charge is 0.393 e. The summed E-state index contributed by atoms with van der Waals surface area (Å²) in [7, 11) is 0. The lowest BCUT2D eigenvalue weighted by atomic mass is 9.87. The van der Waals surface area contributed by atoms with Crippen LogP contribution in [0.1, 0.15) is 31.2 Å². The van der Waals surface area contributed by atoms with Crippen molar-refractivity contribution in [3.8, 4) is 0 Å². The number of hydrogen-bond acceptors (Lipinski definition) is 5. The molecule has 0 amide bonds. The van der Waals surface area contributed by atoms with E-state index < -0.39 is 0 Å². The molecule has 90 valence electrons. The average Bonchev–Trinajstić information content (AvgIpc) is 2.60. The summed E-state index contributed by atoms with van der Waals surface area (Å²) in [4.78, 5) is 0. The fraction of sp³-hybridized carbons (Fsp3) is 0.727. The number of rotatable bonds is 3. The molecule has 1 heterocycles. The fourth-order valence-electron chi connectivity index (χ4n) is 2.10. The molecule has 4 nitrogen and oxygen atoms in total. The van der Waals surface area contributed by atoms with Gasteiger partial charge in [0, 0.05) is 12.1 Å². The van der Waals surface area contributed by atoms with Crippen molar-refractivity contribution in [1.29, 1.82) is 0 Å². The summed E-state index contributed by atoms with van der Waals surface area (Å²) >= 11 is 1.43. The Labute approximate surface area is 100 Å². The number of nitrogens with one attached hydrogen (secondary N) is 1. The molecule has 2 rings (SSSR count). The quantitative estimate of drug-likeness (QED) is 0.757. The molecule has 0 unspecified atom stereocenters. The number of aliphatic hydroxyl groups is 1. The van der Waals surface area contributed by atoms with Crippen molar-refractivity contribution in [3.05, 3.63) is 5.56 Å². The molecular formula is C11H19N3OS. The van der Waals surface area contributed by atoms with Crippen LogP contribution in [0.15, 0.2) is 0 Å². The Hall–Kier alpha value is -0.810. The smallest absolute Gasteiger partial charge is 0.142 e. The minimum atomic E-state index is -0.0722. The van der Waals surface area contributed by atoms with Crippen molar-refractivity contribution in [3.63, 3.8) is 0 Å². The van der Waals surface area contributed by atoms with E-state index >= 15 is 0 Å². The summed E-state index contributed by atoms with van der Waals surface area (Å²) < 4.78 is 4.11. The van der Waals surface area contributed by atoms with E-state index in [2.05, 4.69) is 9.69 Å². The molecule has 1 aliphatic rings. The van der Waals surface area contributed by atoms with E-state index in [0.29, 0.717) is 11.7 Å². The molecule has 16 heavy (non-hydrogen) atoms. The van der Waals surface area contributed by atoms with Gasteiger partial charge in [-0.05, 0) is 50.1 Å². The van der Waals surface area contributed by atoms with Crippen molar-refractivity contribution in [1.82, 2.24) is 4.37 Å². The van der Waals surface area contributed by atoms with Crippen LogP contribution < -0.4 is 11.1 Å². The van der Waals surface area contributed by atoms with Gasteiger partial charge in [0.05, 0.1) is 6.10 Å². The molecule has 5 heteroatoms. The van der Waals surface area contributed by atoms with E-state index in [1.165, 1.54) is 11.5 Å². The summed E-state index contributed by atoms with van der Waals surface area (Å²) in [5.74, 6) is 1.30. The molecule has 1 aromatic rings. The molecule has 1 aliphatic carbocycles. The van der Waals surface area contributed by atoms with Crippen LogP contribution in [-0.2, 0) is 0 Å². The van der Waals surface area contributed by atoms with Crippen LogP contribution in [0.25, 0.3) is 0 Å². The number of aromatic nitrogens is 1. The summed E-state index contributed by atoms with van der Waals surface area (Å²) in [6, 6.07) is 0. The van der Waals surface area contributed by atoms with Crippen molar-refractivity contribution < 1.29 is 5.11 Å². The molecule has 0 bridgehead atoms. The standard InChI is InChI=1S/C11H19N3OS/c1-7-10(12)14-16-11(7)13-6-8-2-4-9(15)5-3-8/h8-9,13,15H,2-6H2,1H3,(H2,12,14). The number of nitrogens with two attached hydrogens (primary N) is 1. The number of hydrogen-bond donors (Lipinski definition) is 3. The van der Waals surface area contributed by atoms with Crippen molar-refractivity contribution in [2.24, 2.45) is 5.92 Å². The number of nitrogen functional groups attached to an aromatic ring is 1. The molecule has 1 fully saturated rings. The lowest BCUT2D eigenvalue weighted by molar-refractivity contribution is 0.111. The lowest BCUT2D eigenvalue weighted by Gasteiger charge is -2.25. The topological polar surface area (TPSA) is 71.2 Å². The minimum absolute atomic E-state index is 0.0722. The first kappa shape index (κ1) is 11.7. The molecule has 1 saturated carbocycles. The zero-order valence-corrected chi connectivity index (χ0v) is 10.4. The van der Waals surface area contributed by atoms with Gasteiger partial charge in [-0.3, -0.25) is 0 Å². The molecule has 1 aromatic heterocycles. The van der Waals surface area contributed by atoms with Crippen LogP contribution in [0.4, 0.5) is 10.8 Å². The van der Waals surface area contributed by atoms with Crippen LogP contribution in [0.3, 0.4) is 0 Å². The van der Waals surface area contributed by atoms with Gasteiger partial charge in [0.2, 0.25) is 0 Å². The third-order valence-corrected chi connectivity index (χ3v) is 4.25. The van der Waals surface area contributed by atoms with Gasteiger partial charge in [0.15, 0.2) is 0 Å². The highest BCUT2D eigenvalue weighted by Crippen LogP contribution is 2.28. The molecule has 0 radical (unpaired) electrons. The van der Waals surface area contributed by atoms with E-state index in [9.17, 15) is 5.11 Å².